The Kier molecular flexibility index (Phi) is 4.10. The SMILES string of the molecule is Cc1cc(S(=O)(=O)NCCC2CC2)cc(C(=O)O)c1F. The fourth-order valence-electron chi connectivity index (χ4n) is 1.93. The number of hydrogen-bond acceptors (Lipinski definition) is 3. The standard InChI is InChI=1S/C13H16FNO4S/c1-8-6-10(7-11(12(8)14)13(16)17)20(18,19)15-5-4-9-2-3-9/h6-7,9,15H,2-5H2,1H3,(H,16,17). The maximum absolute atomic E-state index is 13.6. The molecule has 2 N–H and O–H groups in total. The highest BCUT2D eigenvalue weighted by molar-refractivity contribution is 7.89. The van der Waals surface area contributed by atoms with E-state index in [0.717, 1.165) is 31.4 Å². The molecule has 0 aliphatic heterocycles. The molecular weight excluding hydrogens is 285 g/mol. The monoisotopic (exact) mass is 301 g/mol. The number of hydrogen-bond donors (Lipinski definition) is 2. The van der Waals surface area contributed by atoms with Gasteiger partial charge in [-0.15, -0.1) is 0 Å². The van der Waals surface area contributed by atoms with E-state index in [-0.39, 0.29) is 10.5 Å². The van der Waals surface area contributed by atoms with Gasteiger partial charge < -0.3 is 5.11 Å². The zero-order chi connectivity index (χ0) is 14.9. The number of benzene rings is 1. The first-order chi connectivity index (χ1) is 9.31. The van der Waals surface area contributed by atoms with Gasteiger partial charge in [0.05, 0.1) is 10.5 Å². The van der Waals surface area contributed by atoms with Crippen LogP contribution in [-0.2, 0) is 10.0 Å². The number of carboxylic acids is 1. The Morgan fingerprint density at radius 1 is 1.45 bits per heavy atom. The molecule has 7 heteroatoms. The van der Waals surface area contributed by atoms with Gasteiger partial charge in [0.25, 0.3) is 0 Å². The van der Waals surface area contributed by atoms with Crippen LogP contribution in [0.15, 0.2) is 17.0 Å². The van der Waals surface area contributed by atoms with Gasteiger partial charge in [0.15, 0.2) is 0 Å². The van der Waals surface area contributed by atoms with Gasteiger partial charge in [0.2, 0.25) is 10.0 Å². The van der Waals surface area contributed by atoms with Crippen LogP contribution in [0.2, 0.25) is 0 Å². The zero-order valence-corrected chi connectivity index (χ0v) is 11.8. The second kappa shape index (κ2) is 5.49. The van der Waals surface area contributed by atoms with Crippen molar-refractivity contribution in [1.82, 2.24) is 4.72 Å². The Balaban J connectivity index is 2.23. The summed E-state index contributed by atoms with van der Waals surface area (Å²) in [6, 6.07) is 1.99. The van der Waals surface area contributed by atoms with Gasteiger partial charge in [-0.25, -0.2) is 22.3 Å². The van der Waals surface area contributed by atoms with Crippen molar-refractivity contribution >= 4 is 16.0 Å². The summed E-state index contributed by atoms with van der Waals surface area (Å²) < 4.78 is 40.1. The topological polar surface area (TPSA) is 83.5 Å². The first-order valence-electron chi connectivity index (χ1n) is 6.34. The van der Waals surface area contributed by atoms with Gasteiger partial charge in [0, 0.05) is 6.54 Å². The largest absolute Gasteiger partial charge is 0.478 e. The molecule has 0 amide bonds. The number of aromatic carboxylic acids is 1. The minimum Gasteiger partial charge on any atom is -0.478 e. The average molecular weight is 301 g/mol. The van der Waals surface area contributed by atoms with Crippen LogP contribution >= 0.6 is 0 Å². The molecule has 2 rings (SSSR count). The third kappa shape index (κ3) is 3.34. The van der Waals surface area contributed by atoms with E-state index in [4.69, 9.17) is 5.11 Å². The molecule has 1 aliphatic rings. The zero-order valence-electron chi connectivity index (χ0n) is 11.0. The van der Waals surface area contributed by atoms with Gasteiger partial charge >= 0.3 is 5.97 Å². The molecule has 1 saturated carbocycles. The minimum absolute atomic E-state index is 0.00697. The second-order valence-electron chi connectivity index (χ2n) is 5.04. The van der Waals surface area contributed by atoms with Crippen LogP contribution in [0.25, 0.3) is 0 Å². The Morgan fingerprint density at radius 2 is 2.10 bits per heavy atom. The maximum atomic E-state index is 13.6. The Morgan fingerprint density at radius 3 is 2.65 bits per heavy atom. The summed E-state index contributed by atoms with van der Waals surface area (Å²) in [5.41, 5.74) is -0.639. The maximum Gasteiger partial charge on any atom is 0.338 e. The Bertz CT molecular complexity index is 638. The van der Waals surface area contributed by atoms with E-state index in [1.807, 2.05) is 0 Å². The van der Waals surface area contributed by atoms with Crippen LogP contribution < -0.4 is 4.72 Å². The predicted octanol–water partition coefficient (Wildman–Crippen LogP) is 1.91. The molecule has 0 atom stereocenters. The fraction of sp³-hybridized carbons (Fsp3) is 0.462. The summed E-state index contributed by atoms with van der Waals surface area (Å²) in [4.78, 5) is 10.7. The van der Waals surface area contributed by atoms with Crippen molar-refractivity contribution < 1.29 is 22.7 Å². The third-order valence-electron chi connectivity index (χ3n) is 3.31. The van der Waals surface area contributed by atoms with E-state index < -0.39 is 27.4 Å². The second-order valence-corrected chi connectivity index (χ2v) is 6.80. The summed E-state index contributed by atoms with van der Waals surface area (Å²) >= 11 is 0. The van der Waals surface area contributed by atoms with Crippen molar-refractivity contribution in [2.45, 2.75) is 31.1 Å². The molecule has 1 aromatic carbocycles. The molecule has 0 bridgehead atoms. The van der Waals surface area contributed by atoms with Gasteiger partial charge in [-0.05, 0) is 37.0 Å². The number of halogens is 1. The molecule has 1 fully saturated rings. The summed E-state index contributed by atoms with van der Waals surface area (Å²) in [6.07, 6.45) is 3.02. The van der Waals surface area contributed by atoms with Crippen molar-refractivity contribution in [2.24, 2.45) is 5.92 Å². The van der Waals surface area contributed by atoms with E-state index in [0.29, 0.717) is 12.5 Å². The number of rotatable bonds is 6. The molecular formula is C13H16FNO4S. The van der Waals surface area contributed by atoms with E-state index >= 15 is 0 Å². The lowest BCUT2D eigenvalue weighted by atomic mass is 10.1. The van der Waals surface area contributed by atoms with Crippen LogP contribution in [0, 0.1) is 18.7 Å². The van der Waals surface area contributed by atoms with E-state index in [9.17, 15) is 17.6 Å². The van der Waals surface area contributed by atoms with Crippen molar-refractivity contribution in [1.29, 1.82) is 0 Å². The Labute approximate surface area is 116 Å². The molecule has 0 radical (unpaired) electrons. The molecule has 0 spiro atoms. The number of aryl methyl sites for hydroxylation is 1. The van der Waals surface area contributed by atoms with Gasteiger partial charge in [-0.2, -0.15) is 0 Å². The summed E-state index contributed by atoms with van der Waals surface area (Å²) in [7, 11) is -3.80. The predicted molar refractivity (Wildman–Crippen MR) is 70.6 cm³/mol. The normalized spacial score (nSPS) is 15.3. The minimum atomic E-state index is -3.80. The fourth-order valence-corrected chi connectivity index (χ4v) is 3.09. The van der Waals surface area contributed by atoms with E-state index in [2.05, 4.69) is 4.72 Å². The summed E-state index contributed by atoms with van der Waals surface area (Å²) in [5, 5.41) is 8.88. The lowest BCUT2D eigenvalue weighted by Gasteiger charge is -2.09. The molecule has 0 saturated heterocycles. The molecule has 5 nitrogen and oxygen atoms in total. The third-order valence-corrected chi connectivity index (χ3v) is 4.75. The van der Waals surface area contributed by atoms with Crippen molar-refractivity contribution in [2.75, 3.05) is 6.54 Å². The van der Waals surface area contributed by atoms with Crippen LogP contribution in [0.3, 0.4) is 0 Å². The van der Waals surface area contributed by atoms with Crippen LogP contribution in [0.4, 0.5) is 4.39 Å². The Hall–Kier alpha value is -1.47. The number of carbonyl (C=O) groups is 1. The average Bonchev–Trinajstić information content (AvgIpc) is 3.15. The van der Waals surface area contributed by atoms with Crippen LogP contribution in [0.5, 0.6) is 0 Å². The highest BCUT2D eigenvalue weighted by atomic mass is 32.2. The van der Waals surface area contributed by atoms with Crippen LogP contribution in [0.1, 0.15) is 35.2 Å². The lowest BCUT2D eigenvalue weighted by molar-refractivity contribution is 0.0691. The molecule has 1 aromatic rings. The first kappa shape index (κ1) is 14.9. The summed E-state index contributed by atoms with van der Waals surface area (Å²) in [5.74, 6) is -1.81. The smallest absolute Gasteiger partial charge is 0.338 e. The molecule has 0 unspecified atom stereocenters. The number of sulfonamides is 1. The lowest BCUT2D eigenvalue weighted by Crippen LogP contribution is -2.25. The van der Waals surface area contributed by atoms with Gasteiger partial charge in [-0.3, -0.25) is 0 Å². The first-order valence-corrected chi connectivity index (χ1v) is 7.82. The van der Waals surface area contributed by atoms with Crippen molar-refractivity contribution in [3.8, 4) is 0 Å². The number of nitrogens with one attached hydrogen (secondary N) is 1. The van der Waals surface area contributed by atoms with Crippen molar-refractivity contribution in [3.63, 3.8) is 0 Å². The van der Waals surface area contributed by atoms with E-state index in [1.54, 1.807) is 0 Å². The molecule has 1 aliphatic carbocycles. The quantitative estimate of drug-likeness (QED) is 0.840. The van der Waals surface area contributed by atoms with Gasteiger partial charge in [-0.1, -0.05) is 12.8 Å². The van der Waals surface area contributed by atoms with E-state index in [1.165, 1.54) is 6.92 Å². The number of carboxylic acid groups (broad SMARTS) is 1. The molecule has 0 aromatic heterocycles. The van der Waals surface area contributed by atoms with Crippen LogP contribution in [-0.4, -0.2) is 26.0 Å². The summed E-state index contributed by atoms with van der Waals surface area (Å²) in [6.45, 7) is 1.65. The molecule has 110 valence electrons. The molecule has 0 heterocycles. The highest BCUT2D eigenvalue weighted by Crippen LogP contribution is 2.31. The molecule has 20 heavy (non-hydrogen) atoms. The van der Waals surface area contributed by atoms with Crippen molar-refractivity contribution in [3.05, 3.63) is 29.1 Å². The van der Waals surface area contributed by atoms with Gasteiger partial charge in [0.1, 0.15) is 5.82 Å². The highest BCUT2D eigenvalue weighted by Gasteiger charge is 2.24.